The van der Waals surface area contributed by atoms with Crippen LogP contribution in [0.3, 0.4) is 0 Å². The van der Waals surface area contributed by atoms with Crippen LogP contribution in [0.5, 0.6) is 11.5 Å². The maximum atomic E-state index is 12.7. The van der Waals surface area contributed by atoms with Gasteiger partial charge in [0, 0.05) is 30.1 Å². The molecule has 142 valence electrons. The largest absolute Gasteiger partial charge is 0.454 e. The smallest absolute Gasteiger partial charge is 0.317 e. The molecule has 0 spiro atoms. The van der Waals surface area contributed by atoms with E-state index in [1.54, 1.807) is 0 Å². The molecule has 2 aliphatic heterocycles. The third-order valence-electron chi connectivity index (χ3n) is 5.69. The quantitative estimate of drug-likeness (QED) is 0.877. The van der Waals surface area contributed by atoms with Crippen molar-refractivity contribution in [1.82, 2.24) is 15.4 Å². The average molecular weight is 369 g/mol. The van der Waals surface area contributed by atoms with Gasteiger partial charge in [-0.05, 0) is 31.0 Å². The summed E-state index contributed by atoms with van der Waals surface area (Å²) in [6, 6.07) is 6.08. The third kappa shape index (κ3) is 3.11. The second kappa shape index (κ2) is 6.79. The highest BCUT2D eigenvalue weighted by molar-refractivity contribution is 5.76. The third-order valence-corrected chi connectivity index (χ3v) is 5.69. The van der Waals surface area contributed by atoms with Crippen molar-refractivity contribution in [3.63, 3.8) is 0 Å². The number of hydrogen-bond acceptors (Lipinski definition) is 5. The van der Waals surface area contributed by atoms with E-state index in [1.165, 1.54) is 19.3 Å². The fourth-order valence-electron chi connectivity index (χ4n) is 4.17. The second-order valence-electron chi connectivity index (χ2n) is 7.46. The van der Waals surface area contributed by atoms with Crippen molar-refractivity contribution in [3.8, 4) is 22.8 Å². The summed E-state index contributed by atoms with van der Waals surface area (Å²) < 4.78 is 16.4. The number of nitrogens with one attached hydrogen (secondary N) is 1. The minimum Gasteiger partial charge on any atom is -0.454 e. The molecule has 0 bridgehead atoms. The van der Waals surface area contributed by atoms with Crippen LogP contribution in [0.15, 0.2) is 22.7 Å². The molecule has 1 N–H and O–H groups in total. The molecule has 0 radical (unpaired) electrons. The summed E-state index contributed by atoms with van der Waals surface area (Å²) in [5.74, 6) is 2.32. The number of urea groups is 1. The van der Waals surface area contributed by atoms with Gasteiger partial charge in [0.2, 0.25) is 6.79 Å². The van der Waals surface area contributed by atoms with Gasteiger partial charge in [-0.1, -0.05) is 24.4 Å². The Bertz CT molecular complexity index is 857. The number of rotatable bonds is 2. The number of hydrogen-bond donors (Lipinski definition) is 1. The van der Waals surface area contributed by atoms with Gasteiger partial charge in [0.05, 0.1) is 6.54 Å². The summed E-state index contributed by atoms with van der Waals surface area (Å²) in [6.07, 6.45) is 6.54. The Morgan fingerprint density at radius 2 is 2.00 bits per heavy atom. The normalized spacial score (nSPS) is 19.0. The summed E-state index contributed by atoms with van der Waals surface area (Å²) in [7, 11) is 0. The van der Waals surface area contributed by atoms with Gasteiger partial charge in [-0.15, -0.1) is 0 Å². The van der Waals surface area contributed by atoms with Crippen LogP contribution in [0.2, 0.25) is 0 Å². The zero-order chi connectivity index (χ0) is 18.2. The lowest BCUT2D eigenvalue weighted by atomic mass is 9.95. The lowest BCUT2D eigenvalue weighted by Gasteiger charge is -2.30. The number of nitrogens with zero attached hydrogens (tertiary/aromatic N) is 2. The summed E-state index contributed by atoms with van der Waals surface area (Å²) in [5, 5.41) is 7.48. The SMILES string of the molecule is O=C(NC1CCCCC1)N1CCc2onc(-c3ccc4c(c3)OCO4)c2C1. The topological polar surface area (TPSA) is 76.8 Å². The van der Waals surface area contributed by atoms with E-state index in [4.69, 9.17) is 14.0 Å². The van der Waals surface area contributed by atoms with Crippen molar-refractivity contribution in [2.75, 3.05) is 13.3 Å². The van der Waals surface area contributed by atoms with Crippen molar-refractivity contribution in [3.05, 3.63) is 29.5 Å². The molecule has 7 nitrogen and oxygen atoms in total. The molecule has 1 aliphatic carbocycles. The summed E-state index contributed by atoms with van der Waals surface area (Å²) in [4.78, 5) is 14.6. The van der Waals surface area contributed by atoms with Gasteiger partial charge >= 0.3 is 6.03 Å². The Morgan fingerprint density at radius 3 is 2.89 bits per heavy atom. The van der Waals surface area contributed by atoms with E-state index in [-0.39, 0.29) is 12.8 Å². The molecule has 2 aromatic rings. The van der Waals surface area contributed by atoms with E-state index in [9.17, 15) is 4.79 Å². The van der Waals surface area contributed by atoms with Crippen LogP contribution in [0, 0.1) is 0 Å². The first-order valence-corrected chi connectivity index (χ1v) is 9.71. The lowest BCUT2D eigenvalue weighted by molar-refractivity contribution is 0.174. The number of amides is 2. The summed E-state index contributed by atoms with van der Waals surface area (Å²) in [5.41, 5.74) is 2.68. The molecule has 5 rings (SSSR count). The highest BCUT2D eigenvalue weighted by Crippen LogP contribution is 2.38. The van der Waals surface area contributed by atoms with E-state index < -0.39 is 0 Å². The molecular weight excluding hydrogens is 346 g/mol. The van der Waals surface area contributed by atoms with Crippen molar-refractivity contribution in [1.29, 1.82) is 0 Å². The predicted molar refractivity (Wildman–Crippen MR) is 97.6 cm³/mol. The Kier molecular flexibility index (Phi) is 4.14. The molecule has 1 aromatic carbocycles. The maximum Gasteiger partial charge on any atom is 0.317 e. The fourth-order valence-corrected chi connectivity index (χ4v) is 4.17. The molecule has 7 heteroatoms. The molecule has 0 unspecified atom stereocenters. The number of carbonyl (C=O) groups excluding carboxylic acids is 1. The van der Waals surface area contributed by atoms with Crippen LogP contribution in [0.4, 0.5) is 4.79 Å². The van der Waals surface area contributed by atoms with Crippen molar-refractivity contribution in [2.24, 2.45) is 0 Å². The second-order valence-corrected chi connectivity index (χ2v) is 7.46. The Labute approximate surface area is 157 Å². The summed E-state index contributed by atoms with van der Waals surface area (Å²) in [6.45, 7) is 1.41. The van der Waals surface area contributed by atoms with E-state index in [0.29, 0.717) is 31.3 Å². The number of benzene rings is 1. The Morgan fingerprint density at radius 1 is 1.15 bits per heavy atom. The van der Waals surface area contributed by atoms with Crippen LogP contribution >= 0.6 is 0 Å². The minimum absolute atomic E-state index is 0.0189. The molecule has 0 saturated heterocycles. The monoisotopic (exact) mass is 369 g/mol. The van der Waals surface area contributed by atoms with Crippen LogP contribution in [-0.2, 0) is 13.0 Å². The minimum atomic E-state index is 0.0189. The Hall–Kier alpha value is -2.70. The zero-order valence-corrected chi connectivity index (χ0v) is 15.2. The van der Waals surface area contributed by atoms with Crippen molar-refractivity contribution >= 4 is 6.03 Å². The summed E-state index contributed by atoms with van der Waals surface area (Å²) >= 11 is 0. The Balaban J connectivity index is 1.34. The van der Waals surface area contributed by atoms with E-state index in [0.717, 1.165) is 41.2 Å². The van der Waals surface area contributed by atoms with E-state index >= 15 is 0 Å². The van der Waals surface area contributed by atoms with Gasteiger partial charge in [0.1, 0.15) is 11.5 Å². The number of carbonyl (C=O) groups is 1. The standard InChI is InChI=1S/C20H23N3O4/c24-20(21-14-4-2-1-3-5-14)23-9-8-16-15(11-23)19(22-27-16)13-6-7-17-18(10-13)26-12-25-17/h6-7,10,14H,1-5,8-9,11-12H2,(H,21,24). The molecule has 3 aliphatic rings. The molecule has 1 fully saturated rings. The highest BCUT2D eigenvalue weighted by atomic mass is 16.7. The zero-order valence-electron chi connectivity index (χ0n) is 15.2. The highest BCUT2D eigenvalue weighted by Gasteiger charge is 2.29. The first kappa shape index (κ1) is 16.5. The van der Waals surface area contributed by atoms with Crippen LogP contribution < -0.4 is 14.8 Å². The first-order chi connectivity index (χ1) is 13.3. The van der Waals surface area contributed by atoms with Gasteiger partial charge in [-0.2, -0.15) is 0 Å². The van der Waals surface area contributed by atoms with Gasteiger partial charge < -0.3 is 24.2 Å². The number of ether oxygens (including phenoxy) is 2. The predicted octanol–water partition coefficient (Wildman–Crippen LogP) is 3.47. The van der Waals surface area contributed by atoms with Crippen LogP contribution in [0.25, 0.3) is 11.3 Å². The number of aromatic nitrogens is 1. The molecule has 1 aromatic heterocycles. The average Bonchev–Trinajstić information content (AvgIpc) is 3.34. The fraction of sp³-hybridized carbons (Fsp3) is 0.500. The van der Waals surface area contributed by atoms with Crippen LogP contribution in [-0.4, -0.2) is 35.5 Å². The molecule has 1 saturated carbocycles. The first-order valence-electron chi connectivity index (χ1n) is 9.71. The van der Waals surface area contributed by atoms with Crippen molar-refractivity contribution < 1.29 is 18.8 Å². The van der Waals surface area contributed by atoms with Crippen molar-refractivity contribution in [2.45, 2.75) is 51.1 Å². The van der Waals surface area contributed by atoms with Gasteiger partial charge in [0.25, 0.3) is 0 Å². The van der Waals surface area contributed by atoms with E-state index in [1.807, 2.05) is 23.1 Å². The van der Waals surface area contributed by atoms with Gasteiger partial charge in [0.15, 0.2) is 11.5 Å². The molecule has 0 atom stereocenters. The van der Waals surface area contributed by atoms with Gasteiger partial charge in [-0.25, -0.2) is 4.79 Å². The molecule has 3 heterocycles. The maximum absolute atomic E-state index is 12.7. The molecule has 27 heavy (non-hydrogen) atoms. The van der Waals surface area contributed by atoms with Crippen LogP contribution in [0.1, 0.15) is 43.4 Å². The molecular formula is C20H23N3O4. The lowest BCUT2D eigenvalue weighted by Crippen LogP contribution is -2.47. The van der Waals surface area contributed by atoms with Gasteiger partial charge in [-0.3, -0.25) is 0 Å². The molecule has 2 amide bonds. The number of fused-ring (bicyclic) bond motifs is 2. The van der Waals surface area contributed by atoms with E-state index in [2.05, 4.69) is 10.5 Å².